The molecule has 1 aromatic heterocycles. The summed E-state index contributed by atoms with van der Waals surface area (Å²) < 4.78 is 1.91. The van der Waals surface area contributed by atoms with Crippen molar-refractivity contribution in [1.82, 2.24) is 30.4 Å². The van der Waals surface area contributed by atoms with Crippen molar-refractivity contribution in [2.24, 2.45) is 0 Å². The van der Waals surface area contributed by atoms with Crippen LogP contribution in [0.15, 0.2) is 30.3 Å². The lowest BCUT2D eigenvalue weighted by Gasteiger charge is -2.37. The Morgan fingerprint density at radius 1 is 1.29 bits per heavy atom. The van der Waals surface area contributed by atoms with Crippen molar-refractivity contribution in [2.75, 3.05) is 19.6 Å². The van der Waals surface area contributed by atoms with Crippen molar-refractivity contribution < 1.29 is 0 Å². The first kappa shape index (κ1) is 14.2. The topological polar surface area (TPSA) is 58.9 Å². The van der Waals surface area contributed by atoms with Crippen LogP contribution in [0.4, 0.5) is 0 Å². The zero-order valence-corrected chi connectivity index (χ0v) is 12.4. The Morgan fingerprint density at radius 3 is 2.76 bits per heavy atom. The predicted molar refractivity (Wildman–Crippen MR) is 80.7 cm³/mol. The van der Waals surface area contributed by atoms with Gasteiger partial charge in [-0.25, -0.2) is 4.68 Å². The SMILES string of the molecule is CCCN(Cc1nnnn1Cc1ccccc1)C1CNC1. The van der Waals surface area contributed by atoms with E-state index in [1.165, 1.54) is 5.56 Å². The molecule has 0 spiro atoms. The third-order valence-corrected chi connectivity index (χ3v) is 3.91. The fourth-order valence-corrected chi connectivity index (χ4v) is 2.61. The molecular weight excluding hydrogens is 264 g/mol. The minimum Gasteiger partial charge on any atom is -0.314 e. The van der Waals surface area contributed by atoms with Gasteiger partial charge in [0.15, 0.2) is 5.82 Å². The van der Waals surface area contributed by atoms with E-state index in [0.29, 0.717) is 6.04 Å². The van der Waals surface area contributed by atoms with Crippen LogP contribution in [0, 0.1) is 0 Å². The Bertz CT molecular complexity index is 548. The van der Waals surface area contributed by atoms with E-state index >= 15 is 0 Å². The summed E-state index contributed by atoms with van der Waals surface area (Å²) in [5.41, 5.74) is 1.22. The number of hydrogen-bond donors (Lipinski definition) is 1. The molecule has 2 heterocycles. The second-order valence-corrected chi connectivity index (χ2v) is 5.52. The van der Waals surface area contributed by atoms with Gasteiger partial charge in [0, 0.05) is 19.1 Å². The highest BCUT2D eigenvalue weighted by atomic mass is 15.5. The van der Waals surface area contributed by atoms with E-state index in [4.69, 9.17) is 0 Å². The first-order chi connectivity index (χ1) is 10.4. The summed E-state index contributed by atoms with van der Waals surface area (Å²) in [7, 11) is 0. The Hall–Kier alpha value is -1.79. The van der Waals surface area contributed by atoms with E-state index in [1.54, 1.807) is 0 Å². The van der Waals surface area contributed by atoms with Crippen LogP contribution in [0.1, 0.15) is 24.7 Å². The van der Waals surface area contributed by atoms with E-state index in [-0.39, 0.29) is 0 Å². The molecule has 1 aromatic carbocycles. The molecule has 0 unspecified atom stereocenters. The van der Waals surface area contributed by atoms with Gasteiger partial charge in [0.2, 0.25) is 0 Å². The summed E-state index contributed by atoms with van der Waals surface area (Å²) in [6.45, 7) is 6.99. The highest BCUT2D eigenvalue weighted by molar-refractivity contribution is 5.14. The molecule has 2 aromatic rings. The van der Waals surface area contributed by atoms with Crippen LogP contribution in [0.3, 0.4) is 0 Å². The largest absolute Gasteiger partial charge is 0.314 e. The molecule has 1 N–H and O–H groups in total. The van der Waals surface area contributed by atoms with Crippen LogP contribution in [-0.4, -0.2) is 50.8 Å². The molecule has 0 amide bonds. The summed E-state index contributed by atoms with van der Waals surface area (Å²) in [6, 6.07) is 10.9. The van der Waals surface area contributed by atoms with Gasteiger partial charge in [0.25, 0.3) is 0 Å². The molecule has 0 aliphatic carbocycles. The minimum atomic E-state index is 0.617. The number of hydrogen-bond acceptors (Lipinski definition) is 5. The molecule has 0 saturated carbocycles. The smallest absolute Gasteiger partial charge is 0.165 e. The maximum atomic E-state index is 4.21. The number of aromatic nitrogens is 4. The summed E-state index contributed by atoms with van der Waals surface area (Å²) in [5, 5.41) is 15.5. The van der Waals surface area contributed by atoms with Crippen LogP contribution in [0.5, 0.6) is 0 Å². The van der Waals surface area contributed by atoms with Crippen LogP contribution in [0.25, 0.3) is 0 Å². The highest BCUT2D eigenvalue weighted by Crippen LogP contribution is 2.11. The number of benzene rings is 1. The van der Waals surface area contributed by atoms with Crippen molar-refractivity contribution in [2.45, 2.75) is 32.5 Å². The molecule has 1 aliphatic heterocycles. The molecule has 6 heteroatoms. The van der Waals surface area contributed by atoms with Gasteiger partial charge in [-0.1, -0.05) is 37.3 Å². The van der Waals surface area contributed by atoms with Crippen molar-refractivity contribution >= 4 is 0 Å². The second kappa shape index (κ2) is 6.78. The van der Waals surface area contributed by atoms with Crippen LogP contribution >= 0.6 is 0 Å². The summed E-state index contributed by atoms with van der Waals surface area (Å²) in [4.78, 5) is 2.48. The van der Waals surface area contributed by atoms with Gasteiger partial charge in [0.1, 0.15) is 0 Å². The Labute approximate surface area is 125 Å². The molecule has 0 bridgehead atoms. The van der Waals surface area contributed by atoms with Crippen LogP contribution < -0.4 is 5.32 Å². The first-order valence-corrected chi connectivity index (χ1v) is 7.60. The zero-order chi connectivity index (χ0) is 14.5. The lowest BCUT2D eigenvalue weighted by Crippen LogP contribution is -2.57. The van der Waals surface area contributed by atoms with Crippen molar-refractivity contribution in [3.63, 3.8) is 0 Å². The van der Waals surface area contributed by atoms with Gasteiger partial charge >= 0.3 is 0 Å². The number of nitrogens with zero attached hydrogens (tertiary/aromatic N) is 5. The van der Waals surface area contributed by atoms with E-state index in [9.17, 15) is 0 Å². The molecular formula is C15H22N6. The molecule has 3 rings (SSSR count). The first-order valence-electron chi connectivity index (χ1n) is 7.60. The van der Waals surface area contributed by atoms with Crippen LogP contribution in [0.2, 0.25) is 0 Å². The normalized spacial score (nSPS) is 15.3. The number of rotatable bonds is 7. The minimum absolute atomic E-state index is 0.617. The fraction of sp³-hybridized carbons (Fsp3) is 0.533. The maximum Gasteiger partial charge on any atom is 0.165 e. The third kappa shape index (κ3) is 3.46. The van der Waals surface area contributed by atoms with Gasteiger partial charge in [-0.15, -0.1) is 5.10 Å². The predicted octanol–water partition coefficient (Wildman–Crippen LogP) is 0.905. The highest BCUT2D eigenvalue weighted by Gasteiger charge is 2.25. The molecule has 6 nitrogen and oxygen atoms in total. The van der Waals surface area contributed by atoms with Gasteiger partial charge in [-0.2, -0.15) is 0 Å². The average Bonchev–Trinajstić information content (AvgIpc) is 2.85. The quantitative estimate of drug-likeness (QED) is 0.819. The molecule has 0 atom stereocenters. The fourth-order valence-electron chi connectivity index (χ4n) is 2.61. The van der Waals surface area contributed by atoms with Gasteiger partial charge in [0.05, 0.1) is 13.1 Å². The average molecular weight is 286 g/mol. The van der Waals surface area contributed by atoms with Crippen molar-refractivity contribution in [1.29, 1.82) is 0 Å². The molecule has 0 radical (unpaired) electrons. The van der Waals surface area contributed by atoms with Gasteiger partial charge < -0.3 is 5.32 Å². The lowest BCUT2D eigenvalue weighted by atomic mass is 10.1. The maximum absolute atomic E-state index is 4.21. The monoisotopic (exact) mass is 286 g/mol. The molecule has 1 saturated heterocycles. The summed E-state index contributed by atoms with van der Waals surface area (Å²) >= 11 is 0. The molecule has 1 fully saturated rings. The second-order valence-electron chi connectivity index (χ2n) is 5.52. The Kier molecular flexibility index (Phi) is 4.57. The van der Waals surface area contributed by atoms with E-state index in [0.717, 1.165) is 45.0 Å². The molecule has 1 aliphatic rings. The van der Waals surface area contributed by atoms with Gasteiger partial charge in [-0.05, 0) is 29.0 Å². The third-order valence-electron chi connectivity index (χ3n) is 3.91. The van der Waals surface area contributed by atoms with E-state index in [1.807, 2.05) is 22.9 Å². The number of tetrazole rings is 1. The Morgan fingerprint density at radius 2 is 2.10 bits per heavy atom. The number of nitrogens with one attached hydrogen (secondary N) is 1. The van der Waals surface area contributed by atoms with E-state index in [2.05, 4.69) is 44.8 Å². The van der Waals surface area contributed by atoms with Gasteiger partial charge in [-0.3, -0.25) is 4.90 Å². The van der Waals surface area contributed by atoms with Crippen LogP contribution in [-0.2, 0) is 13.1 Å². The van der Waals surface area contributed by atoms with E-state index < -0.39 is 0 Å². The van der Waals surface area contributed by atoms with Crippen molar-refractivity contribution in [3.05, 3.63) is 41.7 Å². The van der Waals surface area contributed by atoms with Crippen molar-refractivity contribution in [3.8, 4) is 0 Å². The molecule has 21 heavy (non-hydrogen) atoms. The summed E-state index contributed by atoms with van der Waals surface area (Å²) in [5.74, 6) is 0.944. The zero-order valence-electron chi connectivity index (χ0n) is 12.4. The summed E-state index contributed by atoms with van der Waals surface area (Å²) in [6.07, 6.45) is 1.15. The molecule has 112 valence electrons. The lowest BCUT2D eigenvalue weighted by molar-refractivity contribution is 0.132. The standard InChI is InChI=1S/C15H22N6/c1-2-8-20(14-9-16-10-14)12-15-17-18-19-21(15)11-13-6-4-3-5-7-13/h3-7,14,16H,2,8-12H2,1H3. The Balaban J connectivity index is 1.69.